The van der Waals surface area contributed by atoms with Crippen molar-refractivity contribution in [2.45, 2.75) is 58.0 Å². The summed E-state index contributed by atoms with van der Waals surface area (Å²) in [6.45, 7) is 4.39. The molecule has 0 radical (unpaired) electrons. The molecule has 1 saturated heterocycles. The lowest BCUT2D eigenvalue weighted by Crippen LogP contribution is -2.36. The molecule has 2 atom stereocenters. The summed E-state index contributed by atoms with van der Waals surface area (Å²) in [5, 5.41) is 1.42. The number of H-pyrrole nitrogens is 1. The van der Waals surface area contributed by atoms with Gasteiger partial charge in [0, 0.05) is 36.1 Å². The van der Waals surface area contributed by atoms with Crippen LogP contribution >= 0.6 is 0 Å². The molecule has 1 N–H and O–H groups in total. The van der Waals surface area contributed by atoms with E-state index in [1.807, 2.05) is 0 Å². The van der Waals surface area contributed by atoms with Crippen LogP contribution in [0.4, 0.5) is 0 Å². The number of aromatic amines is 1. The highest BCUT2D eigenvalue weighted by molar-refractivity contribution is 5.87. The van der Waals surface area contributed by atoms with E-state index in [2.05, 4.69) is 71.4 Å². The zero-order valence-electron chi connectivity index (χ0n) is 18.0. The number of likely N-dealkylation sites (tertiary alicyclic amines) is 1. The molecular formula is C28H32N2. The van der Waals surface area contributed by atoms with E-state index < -0.39 is 0 Å². The number of terminal acetylenes is 1. The normalized spacial score (nSPS) is 22.3. The molecule has 1 aliphatic heterocycles. The highest BCUT2D eigenvalue weighted by Crippen LogP contribution is 2.40. The fraction of sp³-hybridized carbons (Fsp3) is 0.429. The Morgan fingerprint density at radius 1 is 1.10 bits per heavy atom. The van der Waals surface area contributed by atoms with Gasteiger partial charge in [-0.25, -0.2) is 0 Å². The third kappa shape index (κ3) is 3.92. The van der Waals surface area contributed by atoms with Crippen molar-refractivity contribution < 1.29 is 0 Å². The van der Waals surface area contributed by atoms with Crippen LogP contribution in [0.25, 0.3) is 10.9 Å². The molecule has 2 nitrogen and oxygen atoms in total. The first-order chi connectivity index (χ1) is 14.7. The van der Waals surface area contributed by atoms with Crippen LogP contribution < -0.4 is 0 Å². The monoisotopic (exact) mass is 396 g/mol. The molecule has 1 saturated carbocycles. The summed E-state index contributed by atoms with van der Waals surface area (Å²) in [5.74, 6) is 4.44. The zero-order chi connectivity index (χ0) is 20.5. The summed E-state index contributed by atoms with van der Waals surface area (Å²) >= 11 is 0. The minimum atomic E-state index is 0.447. The van der Waals surface area contributed by atoms with Crippen molar-refractivity contribution in [3.63, 3.8) is 0 Å². The predicted octanol–water partition coefficient (Wildman–Crippen LogP) is 6.41. The van der Waals surface area contributed by atoms with E-state index in [-0.39, 0.29) is 0 Å². The molecule has 2 aliphatic rings. The topological polar surface area (TPSA) is 19.0 Å². The second-order valence-corrected chi connectivity index (χ2v) is 9.44. The maximum Gasteiger partial charge on any atom is 0.0487 e. The first kappa shape index (κ1) is 19.5. The quantitative estimate of drug-likeness (QED) is 0.477. The van der Waals surface area contributed by atoms with E-state index >= 15 is 0 Å². The highest BCUT2D eigenvalue weighted by Gasteiger charge is 2.31. The maximum absolute atomic E-state index is 5.67. The Labute approximate surface area is 180 Å². The first-order valence-corrected chi connectivity index (χ1v) is 11.5. The van der Waals surface area contributed by atoms with Crippen molar-refractivity contribution in [1.29, 1.82) is 0 Å². The van der Waals surface area contributed by atoms with Gasteiger partial charge in [-0.2, -0.15) is 0 Å². The second-order valence-electron chi connectivity index (χ2n) is 9.44. The predicted molar refractivity (Wildman–Crippen MR) is 125 cm³/mol. The first-order valence-electron chi connectivity index (χ1n) is 11.5. The fourth-order valence-corrected chi connectivity index (χ4v) is 5.40. The van der Waals surface area contributed by atoms with Crippen LogP contribution in [0.5, 0.6) is 0 Å². The van der Waals surface area contributed by atoms with Crippen LogP contribution in [0, 0.1) is 31.1 Å². The number of aryl methyl sites for hydroxylation is 1. The van der Waals surface area contributed by atoms with Gasteiger partial charge >= 0.3 is 0 Å². The summed E-state index contributed by atoms with van der Waals surface area (Å²) < 4.78 is 0. The van der Waals surface area contributed by atoms with Crippen LogP contribution in [-0.2, 0) is 13.0 Å². The standard InChI is InChI=1S/C28H32N2/c1-3-7-21-13-15-30(27(18-21)23-8-5-4-6-9-23)19-26-24(17-22-10-11-22)16-20(2)28-25(26)12-14-29-28/h1,4-6,8-9,12,14,16,21-22,27,29H,7,10-11,13,15,17-19H2,2H3/t21-,27+/m1/s1. The number of piperidine rings is 1. The summed E-state index contributed by atoms with van der Waals surface area (Å²) in [6.07, 6.45) is 15.1. The van der Waals surface area contributed by atoms with E-state index in [0.29, 0.717) is 12.0 Å². The van der Waals surface area contributed by atoms with Crippen molar-refractivity contribution in [2.75, 3.05) is 6.54 Å². The Hall–Kier alpha value is -2.50. The molecule has 5 rings (SSSR count). The Balaban J connectivity index is 1.50. The Kier molecular flexibility index (Phi) is 5.40. The van der Waals surface area contributed by atoms with Gasteiger partial charge in [-0.05, 0) is 85.7 Å². The third-order valence-electron chi connectivity index (χ3n) is 7.22. The fourth-order valence-electron chi connectivity index (χ4n) is 5.40. The number of rotatable bonds is 6. The van der Waals surface area contributed by atoms with Gasteiger partial charge in [-0.15, -0.1) is 12.3 Å². The van der Waals surface area contributed by atoms with Gasteiger partial charge in [0.2, 0.25) is 0 Å². The zero-order valence-corrected chi connectivity index (χ0v) is 18.0. The van der Waals surface area contributed by atoms with E-state index in [4.69, 9.17) is 6.42 Å². The lowest BCUT2D eigenvalue weighted by Gasteiger charge is -2.40. The van der Waals surface area contributed by atoms with Crippen molar-refractivity contribution >= 4 is 10.9 Å². The Morgan fingerprint density at radius 3 is 2.70 bits per heavy atom. The molecule has 2 heterocycles. The molecule has 2 fully saturated rings. The van der Waals surface area contributed by atoms with Crippen LogP contribution in [-0.4, -0.2) is 16.4 Å². The average molecular weight is 397 g/mol. The molecule has 0 amide bonds. The lowest BCUT2D eigenvalue weighted by atomic mass is 9.84. The minimum Gasteiger partial charge on any atom is -0.361 e. The number of benzene rings is 2. The van der Waals surface area contributed by atoms with Gasteiger partial charge in [-0.3, -0.25) is 4.90 Å². The van der Waals surface area contributed by atoms with Crippen LogP contribution in [0.1, 0.15) is 60.4 Å². The molecule has 0 unspecified atom stereocenters. The molecule has 2 heteroatoms. The van der Waals surface area contributed by atoms with Crippen LogP contribution in [0.15, 0.2) is 48.7 Å². The number of nitrogens with one attached hydrogen (secondary N) is 1. The van der Waals surface area contributed by atoms with E-state index in [9.17, 15) is 0 Å². The SMILES string of the molecule is C#CC[C@@H]1CCN(Cc2c(CC3CC3)cc(C)c3[nH]ccc23)[C@H](c2ccccc2)C1. The van der Waals surface area contributed by atoms with Crippen molar-refractivity contribution in [2.24, 2.45) is 11.8 Å². The summed E-state index contributed by atoms with van der Waals surface area (Å²) in [5.41, 5.74) is 7.23. The molecule has 30 heavy (non-hydrogen) atoms. The molecule has 0 bridgehead atoms. The van der Waals surface area contributed by atoms with Crippen LogP contribution in [0.3, 0.4) is 0 Å². The van der Waals surface area contributed by atoms with Gasteiger partial charge in [0.15, 0.2) is 0 Å². The van der Waals surface area contributed by atoms with Crippen molar-refractivity contribution in [3.05, 3.63) is 70.9 Å². The number of nitrogens with zero attached hydrogens (tertiary/aromatic N) is 1. The Bertz CT molecular complexity index is 1050. The average Bonchev–Trinajstić information content (AvgIpc) is 3.44. The van der Waals surface area contributed by atoms with Gasteiger partial charge in [0.25, 0.3) is 0 Å². The Morgan fingerprint density at radius 2 is 1.93 bits per heavy atom. The van der Waals surface area contributed by atoms with Crippen molar-refractivity contribution in [1.82, 2.24) is 9.88 Å². The number of aromatic nitrogens is 1. The van der Waals surface area contributed by atoms with Gasteiger partial charge in [0.1, 0.15) is 0 Å². The van der Waals surface area contributed by atoms with E-state index in [1.54, 1.807) is 11.1 Å². The molecule has 3 aromatic rings. The van der Waals surface area contributed by atoms with Gasteiger partial charge in [-0.1, -0.05) is 36.4 Å². The molecule has 154 valence electrons. The van der Waals surface area contributed by atoms with Gasteiger partial charge in [0.05, 0.1) is 0 Å². The minimum absolute atomic E-state index is 0.447. The smallest absolute Gasteiger partial charge is 0.0487 e. The molecule has 0 spiro atoms. The highest BCUT2D eigenvalue weighted by atomic mass is 15.2. The number of fused-ring (bicyclic) bond motifs is 1. The van der Waals surface area contributed by atoms with Crippen molar-refractivity contribution in [3.8, 4) is 12.3 Å². The molecule has 1 aromatic heterocycles. The molecular weight excluding hydrogens is 364 g/mol. The summed E-state index contributed by atoms with van der Waals surface area (Å²) in [7, 11) is 0. The maximum atomic E-state index is 5.67. The lowest BCUT2D eigenvalue weighted by molar-refractivity contribution is 0.106. The number of hydrogen-bond donors (Lipinski definition) is 1. The molecule has 2 aromatic carbocycles. The van der Waals surface area contributed by atoms with E-state index in [1.165, 1.54) is 47.7 Å². The summed E-state index contributed by atoms with van der Waals surface area (Å²) in [4.78, 5) is 6.21. The summed E-state index contributed by atoms with van der Waals surface area (Å²) in [6, 6.07) is 16.2. The second kappa shape index (κ2) is 8.32. The molecule has 1 aliphatic carbocycles. The largest absolute Gasteiger partial charge is 0.361 e. The van der Waals surface area contributed by atoms with E-state index in [0.717, 1.165) is 31.8 Å². The number of hydrogen-bond acceptors (Lipinski definition) is 1. The van der Waals surface area contributed by atoms with Crippen LogP contribution in [0.2, 0.25) is 0 Å². The third-order valence-corrected chi connectivity index (χ3v) is 7.22. The van der Waals surface area contributed by atoms with Gasteiger partial charge < -0.3 is 4.98 Å².